The molecule has 0 saturated heterocycles. The van der Waals surface area contributed by atoms with E-state index in [-0.39, 0.29) is 5.11 Å². The van der Waals surface area contributed by atoms with Gasteiger partial charge in [0.15, 0.2) is 5.11 Å². The van der Waals surface area contributed by atoms with E-state index in [0.717, 1.165) is 0 Å². The average molecular weight is 178 g/mol. The van der Waals surface area contributed by atoms with Crippen LogP contribution in [0.2, 0.25) is 0 Å². The Kier molecular flexibility index (Phi) is 2.56. The van der Waals surface area contributed by atoms with Gasteiger partial charge in [0, 0.05) is 6.20 Å². The van der Waals surface area contributed by atoms with E-state index in [2.05, 4.69) is 22.5 Å². The summed E-state index contributed by atoms with van der Waals surface area (Å²) >= 11 is 4.60. The summed E-state index contributed by atoms with van der Waals surface area (Å²) in [6.07, 6.45) is 1.56. The van der Waals surface area contributed by atoms with Crippen LogP contribution in [0.5, 0.6) is 0 Å². The number of nitrogens with two attached hydrogens (primary N) is 1. The third-order valence-electron chi connectivity index (χ3n) is 1.17. The molecule has 0 bridgehead atoms. The molecule has 0 aliphatic carbocycles. The number of nitrogens with one attached hydrogen (secondary N) is 1. The number of nitrogens with zero attached hydrogens (tertiary/aromatic N) is 2. The van der Waals surface area contributed by atoms with Gasteiger partial charge in [0.05, 0.1) is 5.56 Å². The fourth-order valence-corrected chi connectivity index (χ4v) is 0.809. The highest BCUT2D eigenvalue weighted by atomic mass is 32.1. The first kappa shape index (κ1) is 8.43. The molecule has 0 atom stereocenters. The molecule has 3 N–H and O–H groups in total. The van der Waals surface area contributed by atoms with Gasteiger partial charge in [-0.25, -0.2) is 4.98 Å². The summed E-state index contributed by atoms with van der Waals surface area (Å²) in [4.78, 5) is 3.89. The molecule has 0 amide bonds. The molecule has 0 aromatic carbocycles. The predicted molar refractivity (Wildman–Crippen MR) is 49.4 cm³/mol. The Morgan fingerprint density at radius 1 is 1.75 bits per heavy atom. The normalized spacial score (nSPS) is 8.58. The molecule has 0 saturated carbocycles. The maximum atomic E-state index is 8.62. The first-order valence-electron chi connectivity index (χ1n) is 3.15. The van der Waals surface area contributed by atoms with Gasteiger partial charge in [-0.3, -0.25) is 0 Å². The molecule has 0 aliphatic rings. The van der Waals surface area contributed by atoms with E-state index < -0.39 is 0 Å². The molecule has 0 spiro atoms. The van der Waals surface area contributed by atoms with Gasteiger partial charge in [-0.2, -0.15) is 5.26 Å². The van der Waals surface area contributed by atoms with Gasteiger partial charge in [-0.1, -0.05) is 0 Å². The summed E-state index contributed by atoms with van der Waals surface area (Å²) in [5.41, 5.74) is 5.64. The third-order valence-corrected chi connectivity index (χ3v) is 1.27. The molecule has 4 nitrogen and oxygen atoms in total. The number of aromatic nitrogens is 1. The van der Waals surface area contributed by atoms with Crippen LogP contribution in [0.1, 0.15) is 5.56 Å². The summed E-state index contributed by atoms with van der Waals surface area (Å²) in [6, 6.07) is 5.26. The SMILES string of the molecule is N#Cc1cccnc1NC(N)=S. The van der Waals surface area contributed by atoms with Crippen molar-refractivity contribution in [2.75, 3.05) is 5.32 Å². The monoisotopic (exact) mass is 178 g/mol. The second-order valence-corrected chi connectivity index (χ2v) is 2.44. The van der Waals surface area contributed by atoms with E-state index in [4.69, 9.17) is 11.0 Å². The zero-order valence-corrected chi connectivity index (χ0v) is 6.93. The largest absolute Gasteiger partial charge is 0.376 e. The topological polar surface area (TPSA) is 74.7 Å². The average Bonchev–Trinajstić information content (AvgIpc) is 2.04. The zero-order chi connectivity index (χ0) is 8.97. The van der Waals surface area contributed by atoms with Crippen LogP contribution < -0.4 is 11.1 Å². The summed E-state index contributed by atoms with van der Waals surface area (Å²) < 4.78 is 0. The Hall–Kier alpha value is -1.67. The molecule has 12 heavy (non-hydrogen) atoms. The lowest BCUT2D eigenvalue weighted by Crippen LogP contribution is -2.20. The van der Waals surface area contributed by atoms with Gasteiger partial charge in [0.2, 0.25) is 0 Å². The van der Waals surface area contributed by atoms with Crippen molar-refractivity contribution in [3.05, 3.63) is 23.9 Å². The predicted octanol–water partition coefficient (Wildman–Crippen LogP) is 0.609. The maximum Gasteiger partial charge on any atom is 0.169 e. The fourth-order valence-electron chi connectivity index (χ4n) is 0.712. The first-order chi connectivity index (χ1) is 5.74. The van der Waals surface area contributed by atoms with Crippen LogP contribution in [-0.2, 0) is 0 Å². The van der Waals surface area contributed by atoms with E-state index in [9.17, 15) is 0 Å². The molecule has 0 radical (unpaired) electrons. The highest BCUT2D eigenvalue weighted by Crippen LogP contribution is 2.08. The number of anilines is 1. The lowest BCUT2D eigenvalue weighted by atomic mass is 10.3. The summed E-state index contributed by atoms with van der Waals surface area (Å²) in [7, 11) is 0. The third kappa shape index (κ3) is 1.90. The van der Waals surface area contributed by atoms with E-state index in [0.29, 0.717) is 11.4 Å². The molecule has 1 rings (SSSR count). The van der Waals surface area contributed by atoms with Crippen molar-refractivity contribution in [2.45, 2.75) is 0 Å². The van der Waals surface area contributed by atoms with Gasteiger partial charge in [0.25, 0.3) is 0 Å². The van der Waals surface area contributed by atoms with Crippen molar-refractivity contribution in [2.24, 2.45) is 5.73 Å². The van der Waals surface area contributed by atoms with Crippen LogP contribution in [-0.4, -0.2) is 10.1 Å². The van der Waals surface area contributed by atoms with Gasteiger partial charge < -0.3 is 11.1 Å². The molecule has 0 fully saturated rings. The van der Waals surface area contributed by atoms with E-state index in [1.54, 1.807) is 18.3 Å². The van der Waals surface area contributed by atoms with Gasteiger partial charge in [-0.15, -0.1) is 0 Å². The van der Waals surface area contributed by atoms with E-state index in [1.165, 1.54) is 0 Å². The minimum absolute atomic E-state index is 0.102. The number of pyridine rings is 1. The van der Waals surface area contributed by atoms with Gasteiger partial charge in [-0.05, 0) is 24.4 Å². The van der Waals surface area contributed by atoms with Crippen molar-refractivity contribution in [1.29, 1.82) is 5.26 Å². The molecule has 1 aromatic heterocycles. The molecule has 1 aromatic rings. The van der Waals surface area contributed by atoms with Crippen molar-refractivity contribution in [3.63, 3.8) is 0 Å². The first-order valence-corrected chi connectivity index (χ1v) is 3.56. The molecule has 5 heteroatoms. The van der Waals surface area contributed by atoms with Crippen molar-refractivity contribution < 1.29 is 0 Å². The number of hydrogen-bond acceptors (Lipinski definition) is 3. The van der Waals surface area contributed by atoms with Crippen LogP contribution in [0.25, 0.3) is 0 Å². The van der Waals surface area contributed by atoms with Crippen molar-refractivity contribution >= 4 is 23.1 Å². The number of nitriles is 1. The van der Waals surface area contributed by atoms with Gasteiger partial charge >= 0.3 is 0 Å². The number of rotatable bonds is 1. The lowest BCUT2D eigenvalue weighted by Gasteiger charge is -2.02. The highest BCUT2D eigenvalue weighted by Gasteiger charge is 2.00. The number of hydrogen-bond donors (Lipinski definition) is 2. The smallest absolute Gasteiger partial charge is 0.169 e. The Morgan fingerprint density at radius 2 is 2.50 bits per heavy atom. The lowest BCUT2D eigenvalue weighted by molar-refractivity contribution is 1.30. The minimum atomic E-state index is 0.102. The van der Waals surface area contributed by atoms with Crippen LogP contribution >= 0.6 is 12.2 Å². The second kappa shape index (κ2) is 3.64. The Morgan fingerprint density at radius 3 is 3.08 bits per heavy atom. The molecular formula is C7H6N4S. The van der Waals surface area contributed by atoms with Crippen LogP contribution in [0, 0.1) is 11.3 Å². The summed E-state index contributed by atoms with van der Waals surface area (Å²) in [5.74, 6) is 0.396. The molecule has 60 valence electrons. The Labute approximate surface area is 75.0 Å². The Balaban J connectivity index is 2.99. The maximum absolute atomic E-state index is 8.62. The molecule has 0 unspecified atom stereocenters. The van der Waals surface area contributed by atoms with Crippen LogP contribution in [0.4, 0.5) is 5.82 Å². The van der Waals surface area contributed by atoms with Crippen molar-refractivity contribution in [1.82, 2.24) is 4.98 Å². The van der Waals surface area contributed by atoms with Crippen molar-refractivity contribution in [3.8, 4) is 6.07 Å². The summed E-state index contributed by atoms with van der Waals surface area (Å²) in [6.45, 7) is 0. The minimum Gasteiger partial charge on any atom is -0.376 e. The van der Waals surface area contributed by atoms with E-state index >= 15 is 0 Å². The second-order valence-electron chi connectivity index (χ2n) is 2.00. The molecule has 1 heterocycles. The summed E-state index contributed by atoms with van der Waals surface area (Å²) in [5, 5.41) is 11.3. The standard InChI is InChI=1S/C7H6N4S/c8-4-5-2-1-3-10-6(5)11-7(9)12/h1-3H,(H3,9,10,11,12). The number of thiocarbonyl (C=S) groups is 1. The fraction of sp³-hybridized carbons (Fsp3) is 0. The van der Waals surface area contributed by atoms with Crippen LogP contribution in [0.3, 0.4) is 0 Å². The Bertz CT molecular complexity index is 342. The zero-order valence-electron chi connectivity index (χ0n) is 6.11. The highest BCUT2D eigenvalue weighted by molar-refractivity contribution is 7.80. The van der Waals surface area contributed by atoms with E-state index in [1.807, 2.05) is 6.07 Å². The van der Waals surface area contributed by atoms with Crippen LogP contribution in [0.15, 0.2) is 18.3 Å². The molecular weight excluding hydrogens is 172 g/mol. The quantitative estimate of drug-likeness (QED) is 0.616. The van der Waals surface area contributed by atoms with Gasteiger partial charge in [0.1, 0.15) is 11.9 Å². The molecule has 0 aliphatic heterocycles.